The first-order chi connectivity index (χ1) is 15.6. The van der Waals surface area contributed by atoms with Gasteiger partial charge in [0.15, 0.2) is 0 Å². The van der Waals surface area contributed by atoms with Crippen LogP contribution in [0.4, 0.5) is 13.2 Å². The Hall–Kier alpha value is -3.03. The van der Waals surface area contributed by atoms with Gasteiger partial charge in [-0.2, -0.15) is 18.4 Å². The van der Waals surface area contributed by atoms with Crippen molar-refractivity contribution in [2.75, 3.05) is 13.1 Å². The number of aromatic amines is 1. The summed E-state index contributed by atoms with van der Waals surface area (Å²) in [5.41, 5.74) is 0.144. The van der Waals surface area contributed by atoms with Crippen LogP contribution in [0.3, 0.4) is 0 Å². The molecular formula is C20H21F3N6O3S. The fourth-order valence-corrected chi connectivity index (χ4v) is 4.62. The second-order valence-electron chi connectivity index (χ2n) is 7.74. The van der Waals surface area contributed by atoms with Crippen molar-refractivity contribution in [3.05, 3.63) is 53.6 Å². The third-order valence-corrected chi connectivity index (χ3v) is 6.50. The third kappa shape index (κ3) is 5.49. The van der Waals surface area contributed by atoms with E-state index < -0.39 is 27.9 Å². The molecule has 1 aromatic heterocycles. The zero-order valence-corrected chi connectivity index (χ0v) is 18.0. The minimum absolute atomic E-state index is 0.00875. The molecule has 1 fully saturated rings. The van der Waals surface area contributed by atoms with Crippen molar-refractivity contribution in [2.45, 2.75) is 30.0 Å². The number of nitrogens with zero attached hydrogens (tertiary/aromatic N) is 3. The van der Waals surface area contributed by atoms with E-state index in [1.807, 2.05) is 0 Å². The number of benzene rings is 2. The van der Waals surface area contributed by atoms with Gasteiger partial charge in [0.2, 0.25) is 15.8 Å². The van der Waals surface area contributed by atoms with Gasteiger partial charge in [0, 0.05) is 24.4 Å². The number of rotatable bonds is 7. The highest BCUT2D eigenvalue weighted by atomic mass is 32.2. The fourth-order valence-electron chi connectivity index (χ4n) is 3.85. The van der Waals surface area contributed by atoms with Crippen LogP contribution in [0.15, 0.2) is 47.4 Å². The van der Waals surface area contributed by atoms with Crippen molar-refractivity contribution in [2.24, 2.45) is 11.1 Å². The lowest BCUT2D eigenvalue weighted by molar-refractivity contribution is -0.137. The Labute approximate surface area is 187 Å². The molecular weight excluding hydrogens is 461 g/mol. The van der Waals surface area contributed by atoms with E-state index in [2.05, 4.69) is 25.9 Å². The zero-order chi connectivity index (χ0) is 23.6. The molecule has 176 valence electrons. The average molecular weight is 482 g/mol. The summed E-state index contributed by atoms with van der Waals surface area (Å²) < 4.78 is 69.2. The summed E-state index contributed by atoms with van der Waals surface area (Å²) in [4.78, 5) is -0.0679. The van der Waals surface area contributed by atoms with E-state index in [4.69, 9.17) is 9.88 Å². The smallest absolute Gasteiger partial charge is 0.416 e. The summed E-state index contributed by atoms with van der Waals surface area (Å²) in [5.74, 6) is 0.542. The molecule has 3 aromatic rings. The maximum absolute atomic E-state index is 12.9. The predicted octanol–water partition coefficient (Wildman–Crippen LogP) is 2.13. The number of nitrogens with one attached hydrogen (secondary N) is 2. The number of ether oxygens (including phenoxy) is 1. The first-order valence-corrected chi connectivity index (χ1v) is 11.6. The molecule has 4 N–H and O–H groups in total. The summed E-state index contributed by atoms with van der Waals surface area (Å²) in [7, 11) is -4.04. The van der Waals surface area contributed by atoms with E-state index in [1.54, 1.807) is 6.07 Å². The summed E-state index contributed by atoms with van der Waals surface area (Å²) in [6.45, 7) is 1.38. The van der Waals surface area contributed by atoms with Crippen molar-refractivity contribution < 1.29 is 26.3 Å². The molecule has 2 heterocycles. The topological polar surface area (TPSA) is 136 Å². The Kier molecular flexibility index (Phi) is 6.36. The van der Waals surface area contributed by atoms with Crippen LogP contribution in [-0.4, -0.2) is 48.2 Å². The van der Waals surface area contributed by atoms with Gasteiger partial charge in [-0.05, 0) is 66.2 Å². The van der Waals surface area contributed by atoms with Gasteiger partial charge in [0.05, 0.1) is 10.5 Å². The third-order valence-electron chi connectivity index (χ3n) is 5.48. The van der Waals surface area contributed by atoms with Crippen molar-refractivity contribution in [3.63, 3.8) is 0 Å². The molecule has 0 saturated carbocycles. The van der Waals surface area contributed by atoms with Crippen LogP contribution in [0, 0.1) is 5.92 Å². The van der Waals surface area contributed by atoms with Crippen LogP contribution in [0.1, 0.15) is 17.5 Å². The first kappa shape index (κ1) is 23.1. The lowest BCUT2D eigenvalue weighted by Gasteiger charge is -2.25. The second-order valence-corrected chi connectivity index (χ2v) is 9.27. The van der Waals surface area contributed by atoms with Gasteiger partial charge in [-0.25, -0.2) is 13.6 Å². The molecule has 33 heavy (non-hydrogen) atoms. The monoisotopic (exact) mass is 482 g/mol. The van der Waals surface area contributed by atoms with E-state index in [0.29, 0.717) is 17.7 Å². The van der Waals surface area contributed by atoms with Crippen molar-refractivity contribution in [3.8, 4) is 17.1 Å². The van der Waals surface area contributed by atoms with Crippen LogP contribution >= 0.6 is 0 Å². The molecule has 0 radical (unpaired) electrons. The number of aromatic nitrogens is 4. The van der Waals surface area contributed by atoms with Crippen molar-refractivity contribution in [1.82, 2.24) is 25.9 Å². The predicted molar refractivity (Wildman–Crippen MR) is 112 cm³/mol. The molecule has 13 heteroatoms. The van der Waals surface area contributed by atoms with Crippen LogP contribution in [-0.2, 0) is 22.6 Å². The molecule has 0 spiro atoms. The largest absolute Gasteiger partial charge is 0.490 e. The Morgan fingerprint density at radius 3 is 2.52 bits per heavy atom. The van der Waals surface area contributed by atoms with Gasteiger partial charge in [-0.3, -0.25) is 0 Å². The number of hydrogen-bond acceptors (Lipinski definition) is 7. The van der Waals surface area contributed by atoms with E-state index >= 15 is 0 Å². The fraction of sp³-hybridized carbons (Fsp3) is 0.350. The number of H-pyrrole nitrogens is 1. The first-order valence-electron chi connectivity index (χ1n) is 10.1. The number of alkyl halides is 3. The van der Waals surface area contributed by atoms with E-state index in [0.717, 1.165) is 25.1 Å². The molecule has 9 nitrogen and oxygen atoms in total. The Balaban J connectivity index is 1.67. The molecule has 0 amide bonds. The number of sulfonamides is 1. The van der Waals surface area contributed by atoms with Gasteiger partial charge in [-0.1, -0.05) is 0 Å². The number of nitrogens with two attached hydrogens (primary N) is 1. The number of tetrazole rings is 1. The Morgan fingerprint density at radius 1 is 1.18 bits per heavy atom. The molecule has 1 aliphatic heterocycles. The lowest BCUT2D eigenvalue weighted by atomic mass is 9.94. The quantitative estimate of drug-likeness (QED) is 0.469. The molecule has 4 rings (SSSR count). The summed E-state index contributed by atoms with van der Waals surface area (Å²) in [6.07, 6.45) is -4.05. The van der Waals surface area contributed by atoms with Crippen LogP contribution in [0.25, 0.3) is 11.4 Å². The molecule has 2 atom stereocenters. The molecule has 0 unspecified atom stereocenters. The summed E-state index contributed by atoms with van der Waals surface area (Å²) in [5, 5.41) is 22.3. The van der Waals surface area contributed by atoms with Gasteiger partial charge in [-0.15, -0.1) is 10.2 Å². The molecule has 0 bridgehead atoms. The van der Waals surface area contributed by atoms with Gasteiger partial charge >= 0.3 is 6.18 Å². The lowest BCUT2D eigenvalue weighted by Crippen LogP contribution is -2.32. The number of primary sulfonamides is 1. The minimum Gasteiger partial charge on any atom is -0.490 e. The highest BCUT2D eigenvalue weighted by Gasteiger charge is 2.31. The van der Waals surface area contributed by atoms with E-state index in [1.165, 1.54) is 24.3 Å². The summed E-state index contributed by atoms with van der Waals surface area (Å²) >= 11 is 0. The summed E-state index contributed by atoms with van der Waals surface area (Å²) in [6, 6.07) is 8.92. The van der Waals surface area contributed by atoms with Crippen molar-refractivity contribution >= 4 is 10.0 Å². The maximum Gasteiger partial charge on any atom is 0.416 e. The molecule has 1 aliphatic rings. The van der Waals surface area contributed by atoms with Gasteiger partial charge in [0.25, 0.3) is 0 Å². The maximum atomic E-state index is 12.9. The Morgan fingerprint density at radius 2 is 1.94 bits per heavy atom. The zero-order valence-electron chi connectivity index (χ0n) is 17.2. The highest BCUT2D eigenvalue weighted by Crippen LogP contribution is 2.32. The van der Waals surface area contributed by atoms with E-state index in [9.17, 15) is 21.6 Å². The Bertz CT molecular complexity index is 1190. The molecule has 2 aromatic carbocycles. The van der Waals surface area contributed by atoms with Crippen LogP contribution < -0.4 is 15.2 Å². The second kappa shape index (κ2) is 9.08. The standard InChI is InChI=1S/C20H21F3N6O3S/c21-20(22,23)15-2-4-16(5-3-15)32-17(13-7-8-25-11-13)10-14-9-12(19-26-28-29-27-19)1-6-18(14)33(24,30)31/h1-6,9,13,17,25H,7-8,10-11H2,(H2,24,30,31)(H,26,27,28,29)/t13-,17-/m0/s1. The highest BCUT2D eigenvalue weighted by molar-refractivity contribution is 7.89. The van der Waals surface area contributed by atoms with Crippen molar-refractivity contribution in [1.29, 1.82) is 0 Å². The van der Waals surface area contributed by atoms with Crippen LogP contribution in [0.5, 0.6) is 5.75 Å². The van der Waals surface area contributed by atoms with Gasteiger partial charge in [0.1, 0.15) is 11.9 Å². The average Bonchev–Trinajstić information content (AvgIpc) is 3.46. The normalized spacial score (nSPS) is 17.8. The number of hydrogen-bond donors (Lipinski definition) is 3. The minimum atomic E-state index is -4.45. The molecule has 1 saturated heterocycles. The van der Waals surface area contributed by atoms with E-state index in [-0.39, 0.29) is 28.8 Å². The SMILES string of the molecule is NS(=O)(=O)c1ccc(-c2nn[nH]n2)cc1C[C@H](Oc1ccc(C(F)(F)F)cc1)[C@H]1CCNC1. The van der Waals surface area contributed by atoms with Gasteiger partial charge < -0.3 is 10.1 Å². The molecule has 0 aliphatic carbocycles. The van der Waals surface area contributed by atoms with Crippen LogP contribution in [0.2, 0.25) is 0 Å². The number of halogens is 3.